The van der Waals surface area contributed by atoms with Crippen LogP contribution in [0, 0.1) is 11.3 Å². The molecule has 1 amide bonds. The molecule has 0 aliphatic carbocycles. The minimum absolute atomic E-state index is 0.0656. The molecule has 0 saturated carbocycles. The first-order chi connectivity index (χ1) is 14.9. The average molecular weight is 423 g/mol. The van der Waals surface area contributed by atoms with Crippen LogP contribution in [-0.4, -0.2) is 18.7 Å². The lowest BCUT2D eigenvalue weighted by molar-refractivity contribution is -0.137. The van der Waals surface area contributed by atoms with E-state index in [1.54, 1.807) is 42.5 Å². The minimum Gasteiger partial charge on any atom is -0.482 e. The number of benzene rings is 3. The molecule has 0 bridgehead atoms. The smallest absolute Gasteiger partial charge is 0.416 e. The van der Waals surface area contributed by atoms with Crippen molar-refractivity contribution in [3.63, 3.8) is 0 Å². The standard InChI is InChI=1S/C23H16F3N3O2/c24-23(25,26)19-10-6-11-20(13-19)29(28-15-17-7-2-1-3-8-17)22(30)16-31-21-12-5-4-9-18(21)14-27/h1-13,15H,16H2/b28-15+. The number of nitrogens with zero attached hydrogens (tertiary/aromatic N) is 3. The summed E-state index contributed by atoms with van der Waals surface area (Å²) in [7, 11) is 0. The maximum absolute atomic E-state index is 13.1. The number of anilines is 1. The van der Waals surface area contributed by atoms with Gasteiger partial charge in [-0.3, -0.25) is 4.79 Å². The van der Waals surface area contributed by atoms with Gasteiger partial charge in [0.15, 0.2) is 6.61 Å². The molecule has 3 aromatic rings. The van der Waals surface area contributed by atoms with Gasteiger partial charge in [-0.1, -0.05) is 48.5 Å². The van der Waals surface area contributed by atoms with E-state index in [2.05, 4.69) is 5.10 Å². The minimum atomic E-state index is -4.57. The van der Waals surface area contributed by atoms with Crippen molar-refractivity contribution in [2.45, 2.75) is 6.18 Å². The van der Waals surface area contributed by atoms with Crippen LogP contribution >= 0.6 is 0 Å². The highest BCUT2D eigenvalue weighted by molar-refractivity contribution is 5.96. The Bertz CT molecular complexity index is 1120. The molecule has 156 valence electrons. The van der Waals surface area contributed by atoms with Gasteiger partial charge < -0.3 is 4.74 Å². The molecule has 3 aromatic carbocycles. The Morgan fingerprint density at radius 2 is 1.74 bits per heavy atom. The second-order valence-corrected chi connectivity index (χ2v) is 6.31. The van der Waals surface area contributed by atoms with Crippen LogP contribution in [0.1, 0.15) is 16.7 Å². The Morgan fingerprint density at radius 1 is 1.03 bits per heavy atom. The van der Waals surface area contributed by atoms with Crippen LogP contribution in [0.5, 0.6) is 5.75 Å². The van der Waals surface area contributed by atoms with Crippen LogP contribution < -0.4 is 9.75 Å². The molecule has 8 heteroatoms. The summed E-state index contributed by atoms with van der Waals surface area (Å²) in [4.78, 5) is 12.8. The van der Waals surface area contributed by atoms with E-state index >= 15 is 0 Å². The van der Waals surface area contributed by atoms with Crippen LogP contribution in [-0.2, 0) is 11.0 Å². The predicted octanol–water partition coefficient (Wildman–Crippen LogP) is 5.02. The summed E-state index contributed by atoms with van der Waals surface area (Å²) in [6.45, 7) is -0.527. The molecule has 0 unspecified atom stereocenters. The summed E-state index contributed by atoms with van der Waals surface area (Å²) < 4.78 is 44.8. The van der Waals surface area contributed by atoms with Gasteiger partial charge in [-0.05, 0) is 35.9 Å². The first-order valence-corrected chi connectivity index (χ1v) is 9.09. The lowest BCUT2D eigenvalue weighted by atomic mass is 10.2. The zero-order chi connectivity index (χ0) is 22.3. The summed E-state index contributed by atoms with van der Waals surface area (Å²) in [5, 5.41) is 14.1. The van der Waals surface area contributed by atoms with E-state index in [0.717, 1.165) is 17.1 Å². The van der Waals surface area contributed by atoms with E-state index in [-0.39, 0.29) is 17.0 Å². The highest BCUT2D eigenvalue weighted by Gasteiger charge is 2.31. The maximum Gasteiger partial charge on any atom is 0.416 e. The molecule has 0 aromatic heterocycles. The van der Waals surface area contributed by atoms with E-state index < -0.39 is 24.3 Å². The largest absolute Gasteiger partial charge is 0.482 e. The molecule has 0 heterocycles. The fraction of sp³-hybridized carbons (Fsp3) is 0.0870. The van der Waals surface area contributed by atoms with Gasteiger partial charge in [-0.25, -0.2) is 0 Å². The van der Waals surface area contributed by atoms with Crippen molar-refractivity contribution in [2.75, 3.05) is 11.6 Å². The zero-order valence-corrected chi connectivity index (χ0v) is 16.1. The zero-order valence-electron chi connectivity index (χ0n) is 16.1. The number of nitriles is 1. The van der Waals surface area contributed by atoms with Gasteiger partial charge >= 0.3 is 6.18 Å². The Labute approximate surface area is 176 Å². The molecule has 31 heavy (non-hydrogen) atoms. The van der Waals surface area contributed by atoms with Crippen molar-refractivity contribution in [3.8, 4) is 11.8 Å². The fourth-order valence-electron chi connectivity index (χ4n) is 2.64. The normalized spacial score (nSPS) is 11.2. The summed E-state index contributed by atoms with van der Waals surface area (Å²) in [6, 6.07) is 21.4. The van der Waals surface area contributed by atoms with Crippen LogP contribution in [0.25, 0.3) is 0 Å². The Kier molecular flexibility index (Phi) is 6.67. The number of para-hydroxylation sites is 1. The van der Waals surface area contributed by atoms with Gasteiger partial charge in [0, 0.05) is 0 Å². The molecule has 0 N–H and O–H groups in total. The molecular weight excluding hydrogens is 407 g/mol. The van der Waals surface area contributed by atoms with Crippen LogP contribution in [0.4, 0.5) is 18.9 Å². The maximum atomic E-state index is 13.1. The quantitative estimate of drug-likeness (QED) is 0.413. The number of ether oxygens (including phenoxy) is 1. The van der Waals surface area contributed by atoms with Crippen molar-refractivity contribution in [2.24, 2.45) is 5.10 Å². The van der Waals surface area contributed by atoms with E-state index in [9.17, 15) is 18.0 Å². The second-order valence-electron chi connectivity index (χ2n) is 6.31. The number of hydrogen-bond donors (Lipinski definition) is 0. The van der Waals surface area contributed by atoms with Crippen molar-refractivity contribution in [1.82, 2.24) is 0 Å². The SMILES string of the molecule is N#Cc1ccccc1OCC(=O)N(/N=C/c1ccccc1)c1cccc(C(F)(F)F)c1. The average Bonchev–Trinajstić information content (AvgIpc) is 2.78. The van der Waals surface area contributed by atoms with E-state index in [0.29, 0.717) is 5.56 Å². The van der Waals surface area contributed by atoms with Crippen molar-refractivity contribution < 1.29 is 22.7 Å². The van der Waals surface area contributed by atoms with Gasteiger partial charge in [-0.15, -0.1) is 0 Å². The van der Waals surface area contributed by atoms with Crippen molar-refractivity contribution >= 4 is 17.8 Å². The number of hydrazone groups is 1. The molecule has 0 saturated heterocycles. The lowest BCUT2D eigenvalue weighted by Gasteiger charge is -2.19. The summed E-state index contributed by atoms with van der Waals surface area (Å²) in [6.07, 6.45) is -3.21. The Hall–Kier alpha value is -4.12. The third-order valence-corrected chi connectivity index (χ3v) is 4.13. The Morgan fingerprint density at radius 3 is 2.45 bits per heavy atom. The third kappa shape index (κ3) is 5.70. The van der Waals surface area contributed by atoms with Crippen molar-refractivity contribution in [1.29, 1.82) is 5.26 Å². The molecular formula is C23H16F3N3O2. The molecule has 0 aliphatic rings. The van der Waals surface area contributed by atoms with Gasteiger partial charge in [0.05, 0.1) is 23.0 Å². The van der Waals surface area contributed by atoms with Crippen LogP contribution in [0.3, 0.4) is 0 Å². The fourth-order valence-corrected chi connectivity index (χ4v) is 2.64. The number of rotatable bonds is 6. The first kappa shape index (κ1) is 21.6. The number of hydrogen-bond acceptors (Lipinski definition) is 4. The molecule has 0 spiro atoms. The molecule has 0 radical (unpaired) electrons. The number of carbonyl (C=O) groups is 1. The third-order valence-electron chi connectivity index (χ3n) is 4.13. The van der Waals surface area contributed by atoms with Gasteiger partial charge in [0.25, 0.3) is 5.91 Å². The summed E-state index contributed by atoms with van der Waals surface area (Å²) in [5.74, 6) is -0.520. The molecule has 0 aliphatic heterocycles. The summed E-state index contributed by atoms with van der Waals surface area (Å²) >= 11 is 0. The number of alkyl halides is 3. The van der Waals surface area contributed by atoms with Crippen LogP contribution in [0.15, 0.2) is 84.0 Å². The molecule has 3 rings (SSSR count). The monoisotopic (exact) mass is 423 g/mol. The van der Waals surface area contributed by atoms with E-state index in [1.807, 2.05) is 6.07 Å². The number of amides is 1. The van der Waals surface area contributed by atoms with Gasteiger partial charge in [0.1, 0.15) is 11.8 Å². The van der Waals surface area contributed by atoms with Crippen molar-refractivity contribution in [3.05, 3.63) is 95.6 Å². The first-order valence-electron chi connectivity index (χ1n) is 9.09. The molecule has 5 nitrogen and oxygen atoms in total. The Balaban J connectivity index is 1.89. The van der Waals surface area contributed by atoms with E-state index in [1.165, 1.54) is 30.5 Å². The lowest BCUT2D eigenvalue weighted by Crippen LogP contribution is -2.31. The number of halogens is 3. The second kappa shape index (κ2) is 9.59. The van der Waals surface area contributed by atoms with Crippen LogP contribution in [0.2, 0.25) is 0 Å². The predicted molar refractivity (Wildman–Crippen MR) is 110 cm³/mol. The highest BCUT2D eigenvalue weighted by atomic mass is 19.4. The van der Waals surface area contributed by atoms with E-state index in [4.69, 9.17) is 10.00 Å². The van der Waals surface area contributed by atoms with Gasteiger partial charge in [-0.2, -0.15) is 28.5 Å². The highest BCUT2D eigenvalue weighted by Crippen LogP contribution is 2.32. The molecule has 0 atom stereocenters. The topological polar surface area (TPSA) is 65.7 Å². The van der Waals surface area contributed by atoms with Gasteiger partial charge in [0.2, 0.25) is 0 Å². The summed E-state index contributed by atoms with van der Waals surface area (Å²) in [5.41, 5.74) is -0.0886. The number of carbonyl (C=O) groups excluding carboxylic acids is 1. The molecule has 0 fully saturated rings.